The first-order valence-corrected chi connectivity index (χ1v) is 9.19. The molecule has 0 bridgehead atoms. The predicted molar refractivity (Wildman–Crippen MR) is 108 cm³/mol. The maximum atomic E-state index is 12.7. The third-order valence-corrected chi connectivity index (χ3v) is 4.78. The van der Waals surface area contributed by atoms with E-state index in [1.807, 2.05) is 36.4 Å². The van der Waals surface area contributed by atoms with Crippen LogP contribution in [0.15, 0.2) is 78.3 Å². The molecule has 2 amide bonds. The first-order valence-electron chi connectivity index (χ1n) is 8.31. The number of aromatic nitrogens is 1. The minimum atomic E-state index is -0.239. The summed E-state index contributed by atoms with van der Waals surface area (Å²) in [7, 11) is 0. The number of thiazole rings is 1. The van der Waals surface area contributed by atoms with Gasteiger partial charge in [-0.2, -0.15) is 0 Å². The maximum absolute atomic E-state index is 12.7. The van der Waals surface area contributed by atoms with Crippen LogP contribution in [0, 0.1) is 0 Å². The van der Waals surface area contributed by atoms with Crippen molar-refractivity contribution >= 4 is 44.7 Å². The van der Waals surface area contributed by atoms with Crippen molar-refractivity contribution in [3.05, 3.63) is 89.4 Å². The Kier molecular flexibility index (Phi) is 4.63. The molecule has 0 aliphatic carbocycles. The average Bonchev–Trinajstić information content (AvgIpc) is 3.21. The summed E-state index contributed by atoms with van der Waals surface area (Å²) in [6, 6.07) is 20.1. The standard InChI is InChI=1S/C21H15N3O2S/c25-19(24-21-22-12-13-27-21)15-8-10-16(11-9-15)23-20(26)18-7-3-5-14-4-1-2-6-17(14)18/h1-13H,(H,23,26)(H,22,24,25). The molecule has 1 heterocycles. The van der Waals surface area contributed by atoms with Gasteiger partial charge in [0, 0.05) is 28.4 Å². The number of hydrogen-bond acceptors (Lipinski definition) is 4. The molecule has 0 atom stereocenters. The largest absolute Gasteiger partial charge is 0.322 e. The summed E-state index contributed by atoms with van der Waals surface area (Å²) in [4.78, 5) is 28.9. The molecule has 0 aliphatic heterocycles. The second kappa shape index (κ2) is 7.39. The molecule has 4 rings (SSSR count). The summed E-state index contributed by atoms with van der Waals surface area (Å²) < 4.78 is 0. The van der Waals surface area contributed by atoms with E-state index in [2.05, 4.69) is 15.6 Å². The zero-order chi connectivity index (χ0) is 18.6. The van der Waals surface area contributed by atoms with Crippen LogP contribution in [0.4, 0.5) is 10.8 Å². The lowest BCUT2D eigenvalue weighted by molar-refractivity contribution is 0.102. The van der Waals surface area contributed by atoms with Gasteiger partial charge in [0.1, 0.15) is 0 Å². The van der Waals surface area contributed by atoms with E-state index in [-0.39, 0.29) is 11.8 Å². The summed E-state index contributed by atoms with van der Waals surface area (Å²) in [5.74, 6) is -0.427. The zero-order valence-corrected chi connectivity index (χ0v) is 15.0. The van der Waals surface area contributed by atoms with E-state index in [9.17, 15) is 9.59 Å². The molecular formula is C21H15N3O2S. The minimum Gasteiger partial charge on any atom is -0.322 e. The van der Waals surface area contributed by atoms with Crippen molar-refractivity contribution in [3.8, 4) is 0 Å². The Bertz CT molecular complexity index is 1100. The van der Waals surface area contributed by atoms with Gasteiger partial charge in [-0.25, -0.2) is 4.98 Å². The maximum Gasteiger partial charge on any atom is 0.257 e. The molecule has 1 aromatic heterocycles. The van der Waals surface area contributed by atoms with Crippen LogP contribution in [-0.4, -0.2) is 16.8 Å². The van der Waals surface area contributed by atoms with Crippen molar-refractivity contribution in [2.75, 3.05) is 10.6 Å². The fourth-order valence-electron chi connectivity index (χ4n) is 2.78. The highest BCUT2D eigenvalue weighted by Gasteiger charge is 2.11. The van der Waals surface area contributed by atoms with Crippen molar-refractivity contribution in [1.82, 2.24) is 4.98 Å². The lowest BCUT2D eigenvalue weighted by atomic mass is 10.0. The first-order chi connectivity index (χ1) is 13.2. The predicted octanol–water partition coefficient (Wildman–Crippen LogP) is 4.80. The molecule has 0 spiro atoms. The zero-order valence-electron chi connectivity index (χ0n) is 14.2. The van der Waals surface area contributed by atoms with Crippen molar-refractivity contribution in [3.63, 3.8) is 0 Å². The van der Waals surface area contributed by atoms with Gasteiger partial charge in [-0.05, 0) is 41.1 Å². The Labute approximate surface area is 159 Å². The van der Waals surface area contributed by atoms with Gasteiger partial charge in [0.25, 0.3) is 11.8 Å². The summed E-state index contributed by atoms with van der Waals surface area (Å²) >= 11 is 1.36. The van der Waals surface area contributed by atoms with Crippen molar-refractivity contribution in [1.29, 1.82) is 0 Å². The molecule has 3 aromatic carbocycles. The Balaban J connectivity index is 1.49. The van der Waals surface area contributed by atoms with Crippen molar-refractivity contribution in [2.24, 2.45) is 0 Å². The lowest BCUT2D eigenvalue weighted by Crippen LogP contribution is -2.14. The molecule has 0 unspecified atom stereocenters. The minimum absolute atomic E-state index is 0.188. The van der Waals surface area contributed by atoms with Gasteiger partial charge in [-0.3, -0.25) is 14.9 Å². The molecule has 0 saturated heterocycles. The molecule has 0 radical (unpaired) electrons. The second-order valence-electron chi connectivity index (χ2n) is 5.85. The number of rotatable bonds is 4. The number of carbonyl (C=O) groups is 2. The van der Waals surface area contributed by atoms with Crippen LogP contribution < -0.4 is 10.6 Å². The Hall–Kier alpha value is -3.51. The molecule has 132 valence electrons. The van der Waals surface area contributed by atoms with Gasteiger partial charge in [0.15, 0.2) is 5.13 Å². The molecule has 2 N–H and O–H groups in total. The number of benzene rings is 3. The highest BCUT2D eigenvalue weighted by molar-refractivity contribution is 7.13. The average molecular weight is 373 g/mol. The Morgan fingerprint density at radius 2 is 1.59 bits per heavy atom. The summed E-state index contributed by atoms with van der Waals surface area (Å²) in [6.45, 7) is 0. The van der Waals surface area contributed by atoms with Gasteiger partial charge >= 0.3 is 0 Å². The quantitative estimate of drug-likeness (QED) is 0.540. The summed E-state index contributed by atoms with van der Waals surface area (Å²) in [5, 5.41) is 9.86. The number of hydrogen-bond donors (Lipinski definition) is 2. The first kappa shape index (κ1) is 16.9. The Morgan fingerprint density at radius 1 is 0.815 bits per heavy atom. The summed E-state index contributed by atoms with van der Waals surface area (Å²) in [6.07, 6.45) is 1.63. The van der Waals surface area contributed by atoms with Crippen LogP contribution in [-0.2, 0) is 0 Å². The van der Waals surface area contributed by atoms with E-state index in [1.54, 1.807) is 41.9 Å². The Morgan fingerprint density at radius 3 is 2.37 bits per heavy atom. The fourth-order valence-corrected chi connectivity index (χ4v) is 3.31. The number of carbonyl (C=O) groups excluding carboxylic acids is 2. The van der Waals surface area contributed by atoms with Crippen LogP contribution in [0.2, 0.25) is 0 Å². The van der Waals surface area contributed by atoms with Gasteiger partial charge in [-0.15, -0.1) is 11.3 Å². The molecule has 0 fully saturated rings. The monoisotopic (exact) mass is 373 g/mol. The number of fused-ring (bicyclic) bond motifs is 1. The van der Waals surface area contributed by atoms with Crippen molar-refractivity contribution in [2.45, 2.75) is 0 Å². The number of nitrogens with one attached hydrogen (secondary N) is 2. The van der Waals surface area contributed by atoms with Crippen LogP contribution in [0.25, 0.3) is 10.8 Å². The number of anilines is 2. The third-order valence-electron chi connectivity index (χ3n) is 4.09. The highest BCUT2D eigenvalue weighted by atomic mass is 32.1. The van der Waals surface area contributed by atoms with E-state index in [0.29, 0.717) is 21.9 Å². The molecule has 0 aliphatic rings. The molecule has 0 saturated carbocycles. The van der Waals surface area contributed by atoms with Crippen LogP contribution in [0.5, 0.6) is 0 Å². The van der Waals surface area contributed by atoms with Crippen LogP contribution in [0.1, 0.15) is 20.7 Å². The number of nitrogens with zero attached hydrogens (tertiary/aromatic N) is 1. The van der Waals surface area contributed by atoms with Crippen LogP contribution in [0.3, 0.4) is 0 Å². The third kappa shape index (κ3) is 3.70. The molecule has 6 heteroatoms. The van der Waals surface area contributed by atoms with E-state index in [0.717, 1.165) is 10.8 Å². The molecule has 27 heavy (non-hydrogen) atoms. The molecular weight excluding hydrogens is 358 g/mol. The van der Waals surface area contributed by atoms with Gasteiger partial charge in [-0.1, -0.05) is 36.4 Å². The van der Waals surface area contributed by atoms with Crippen molar-refractivity contribution < 1.29 is 9.59 Å². The molecule has 5 nitrogen and oxygen atoms in total. The fraction of sp³-hybridized carbons (Fsp3) is 0. The normalized spacial score (nSPS) is 10.5. The SMILES string of the molecule is O=C(Nc1nccs1)c1ccc(NC(=O)c2cccc3ccccc23)cc1. The lowest BCUT2D eigenvalue weighted by Gasteiger charge is -2.09. The van der Waals surface area contributed by atoms with E-state index >= 15 is 0 Å². The van der Waals surface area contributed by atoms with Crippen LogP contribution >= 0.6 is 11.3 Å². The second-order valence-corrected chi connectivity index (χ2v) is 6.74. The van der Waals surface area contributed by atoms with E-state index < -0.39 is 0 Å². The molecule has 4 aromatic rings. The van der Waals surface area contributed by atoms with Gasteiger partial charge in [0.05, 0.1) is 0 Å². The highest BCUT2D eigenvalue weighted by Crippen LogP contribution is 2.20. The topological polar surface area (TPSA) is 71.1 Å². The number of amides is 2. The smallest absolute Gasteiger partial charge is 0.257 e. The van der Waals surface area contributed by atoms with E-state index in [4.69, 9.17) is 0 Å². The van der Waals surface area contributed by atoms with E-state index in [1.165, 1.54) is 11.3 Å². The van der Waals surface area contributed by atoms with Gasteiger partial charge in [0.2, 0.25) is 0 Å². The summed E-state index contributed by atoms with van der Waals surface area (Å²) in [5.41, 5.74) is 1.73. The van der Waals surface area contributed by atoms with Gasteiger partial charge < -0.3 is 5.32 Å².